The highest BCUT2D eigenvalue weighted by molar-refractivity contribution is 7.89. The first kappa shape index (κ1) is 21.5. The van der Waals surface area contributed by atoms with Crippen LogP contribution in [0.2, 0.25) is 0 Å². The molecule has 30 heavy (non-hydrogen) atoms. The molecule has 0 heterocycles. The van der Waals surface area contributed by atoms with Crippen LogP contribution in [0.4, 0.5) is 10.1 Å². The van der Waals surface area contributed by atoms with Gasteiger partial charge in [0, 0.05) is 24.7 Å². The zero-order valence-electron chi connectivity index (χ0n) is 16.5. The van der Waals surface area contributed by atoms with Gasteiger partial charge in [0.25, 0.3) is 5.91 Å². The summed E-state index contributed by atoms with van der Waals surface area (Å²) in [7, 11) is -0.808. The van der Waals surface area contributed by atoms with Gasteiger partial charge < -0.3 is 10.1 Å². The van der Waals surface area contributed by atoms with Crippen molar-refractivity contribution in [3.8, 4) is 5.75 Å². The molecule has 3 rings (SSSR count). The molecule has 3 aromatic carbocycles. The zero-order valence-corrected chi connectivity index (χ0v) is 17.3. The summed E-state index contributed by atoms with van der Waals surface area (Å²) in [5, 5.41) is 2.51. The van der Waals surface area contributed by atoms with Gasteiger partial charge in [0.1, 0.15) is 11.6 Å². The van der Waals surface area contributed by atoms with Gasteiger partial charge in [-0.1, -0.05) is 30.3 Å². The van der Waals surface area contributed by atoms with Crippen molar-refractivity contribution in [1.82, 2.24) is 4.31 Å². The molecule has 6 nitrogen and oxygen atoms in total. The second kappa shape index (κ2) is 9.06. The number of sulfonamides is 1. The van der Waals surface area contributed by atoms with Crippen LogP contribution in [0.15, 0.2) is 77.7 Å². The highest BCUT2D eigenvalue weighted by Gasteiger charge is 2.22. The SMILES string of the molecule is COc1ccc(C(=O)Nc2ccccc2F)cc1CN(C)S(=O)(=O)c1ccccc1. The molecule has 0 spiro atoms. The minimum atomic E-state index is -3.72. The molecule has 8 heteroatoms. The molecular weight excluding hydrogens is 407 g/mol. The van der Waals surface area contributed by atoms with Crippen molar-refractivity contribution in [2.75, 3.05) is 19.5 Å². The van der Waals surface area contributed by atoms with Crippen molar-refractivity contribution in [3.63, 3.8) is 0 Å². The number of ether oxygens (including phenoxy) is 1. The van der Waals surface area contributed by atoms with Crippen LogP contribution >= 0.6 is 0 Å². The summed E-state index contributed by atoms with van der Waals surface area (Å²) in [6.07, 6.45) is 0. The van der Waals surface area contributed by atoms with Gasteiger partial charge in [-0.3, -0.25) is 4.79 Å². The van der Waals surface area contributed by atoms with Crippen molar-refractivity contribution >= 4 is 21.6 Å². The van der Waals surface area contributed by atoms with E-state index in [2.05, 4.69) is 5.32 Å². The lowest BCUT2D eigenvalue weighted by Gasteiger charge is -2.19. The van der Waals surface area contributed by atoms with E-state index < -0.39 is 21.7 Å². The third-order valence-electron chi connectivity index (χ3n) is 4.51. The monoisotopic (exact) mass is 428 g/mol. The summed E-state index contributed by atoms with van der Waals surface area (Å²) in [5.41, 5.74) is 0.809. The fourth-order valence-corrected chi connectivity index (χ4v) is 4.07. The third-order valence-corrected chi connectivity index (χ3v) is 6.33. The molecule has 0 aromatic heterocycles. The Balaban J connectivity index is 1.86. The minimum Gasteiger partial charge on any atom is -0.496 e. The van der Waals surface area contributed by atoms with Gasteiger partial charge in [0.2, 0.25) is 10.0 Å². The summed E-state index contributed by atoms with van der Waals surface area (Å²) in [4.78, 5) is 12.7. The second-order valence-corrected chi connectivity index (χ2v) is 8.58. The van der Waals surface area contributed by atoms with E-state index in [4.69, 9.17) is 4.74 Å². The Morgan fingerprint density at radius 2 is 1.70 bits per heavy atom. The summed E-state index contributed by atoms with van der Waals surface area (Å²) >= 11 is 0. The number of amides is 1. The quantitative estimate of drug-likeness (QED) is 0.619. The van der Waals surface area contributed by atoms with Crippen molar-refractivity contribution in [2.24, 2.45) is 0 Å². The lowest BCUT2D eigenvalue weighted by atomic mass is 10.1. The maximum absolute atomic E-state index is 13.8. The predicted molar refractivity (Wildman–Crippen MR) is 112 cm³/mol. The van der Waals surface area contributed by atoms with Crippen LogP contribution in [0, 0.1) is 5.82 Å². The largest absolute Gasteiger partial charge is 0.496 e. The molecule has 0 saturated heterocycles. The first-order valence-electron chi connectivity index (χ1n) is 9.07. The minimum absolute atomic E-state index is 0.0127. The second-order valence-electron chi connectivity index (χ2n) is 6.53. The molecule has 0 bridgehead atoms. The molecule has 0 radical (unpaired) electrons. The maximum Gasteiger partial charge on any atom is 0.255 e. The molecule has 1 N–H and O–H groups in total. The average Bonchev–Trinajstić information content (AvgIpc) is 2.75. The van der Waals surface area contributed by atoms with Crippen molar-refractivity contribution in [3.05, 3.63) is 89.7 Å². The van der Waals surface area contributed by atoms with E-state index in [-0.39, 0.29) is 22.7 Å². The number of nitrogens with one attached hydrogen (secondary N) is 1. The number of halogens is 1. The molecule has 0 fully saturated rings. The van der Waals surface area contributed by atoms with Gasteiger partial charge in [0.15, 0.2) is 0 Å². The van der Waals surface area contributed by atoms with Gasteiger partial charge >= 0.3 is 0 Å². The van der Waals surface area contributed by atoms with Crippen molar-refractivity contribution < 1.29 is 22.3 Å². The molecular formula is C22H21FN2O4S. The van der Waals surface area contributed by atoms with Gasteiger partial charge in [-0.2, -0.15) is 4.31 Å². The molecule has 0 unspecified atom stereocenters. The number of hydrogen-bond donors (Lipinski definition) is 1. The van der Waals surface area contributed by atoms with Crippen molar-refractivity contribution in [1.29, 1.82) is 0 Å². The molecule has 3 aromatic rings. The number of para-hydroxylation sites is 1. The van der Waals surface area contributed by atoms with Crippen LogP contribution in [-0.4, -0.2) is 32.8 Å². The van der Waals surface area contributed by atoms with E-state index in [1.54, 1.807) is 30.3 Å². The molecule has 156 valence electrons. The summed E-state index contributed by atoms with van der Waals surface area (Å²) < 4.78 is 45.9. The lowest BCUT2D eigenvalue weighted by molar-refractivity contribution is 0.102. The third kappa shape index (κ3) is 4.67. The van der Waals surface area contributed by atoms with E-state index >= 15 is 0 Å². The van der Waals surface area contributed by atoms with E-state index in [0.717, 1.165) is 0 Å². The fraction of sp³-hybridized carbons (Fsp3) is 0.136. The van der Waals surface area contributed by atoms with E-state index in [1.807, 2.05) is 0 Å². The Morgan fingerprint density at radius 1 is 1.03 bits per heavy atom. The smallest absolute Gasteiger partial charge is 0.255 e. The summed E-state index contributed by atoms with van der Waals surface area (Å²) in [6.45, 7) is -0.0127. The van der Waals surface area contributed by atoms with Crippen LogP contribution in [0.25, 0.3) is 0 Å². The first-order chi connectivity index (χ1) is 14.3. The summed E-state index contributed by atoms with van der Waals surface area (Å²) in [5.74, 6) is -0.626. The highest BCUT2D eigenvalue weighted by Crippen LogP contribution is 2.25. The van der Waals surface area contributed by atoms with Gasteiger partial charge in [-0.15, -0.1) is 0 Å². The van der Waals surface area contributed by atoms with Crippen LogP contribution in [0.3, 0.4) is 0 Å². The number of carbonyl (C=O) groups excluding carboxylic acids is 1. The van der Waals surface area contributed by atoms with E-state index in [1.165, 1.54) is 60.9 Å². The first-order valence-corrected chi connectivity index (χ1v) is 10.5. The van der Waals surface area contributed by atoms with Gasteiger partial charge in [-0.25, -0.2) is 12.8 Å². The van der Waals surface area contributed by atoms with E-state index in [9.17, 15) is 17.6 Å². The Morgan fingerprint density at radius 3 is 2.37 bits per heavy atom. The lowest BCUT2D eigenvalue weighted by Crippen LogP contribution is -2.27. The van der Waals surface area contributed by atoms with Crippen LogP contribution in [0.5, 0.6) is 5.75 Å². The molecule has 0 atom stereocenters. The average molecular weight is 428 g/mol. The Hall–Kier alpha value is -3.23. The Labute approximate surface area is 175 Å². The topological polar surface area (TPSA) is 75.7 Å². The van der Waals surface area contributed by atoms with Crippen LogP contribution in [-0.2, 0) is 16.6 Å². The summed E-state index contributed by atoms with van der Waals surface area (Å²) in [6, 6.07) is 18.6. The van der Waals surface area contributed by atoms with Gasteiger partial charge in [-0.05, 0) is 42.5 Å². The number of hydrogen-bond acceptors (Lipinski definition) is 4. The molecule has 0 aliphatic carbocycles. The number of anilines is 1. The van der Waals surface area contributed by atoms with Crippen molar-refractivity contribution in [2.45, 2.75) is 11.4 Å². The number of benzene rings is 3. The Bertz CT molecular complexity index is 1150. The number of rotatable bonds is 7. The molecule has 0 saturated carbocycles. The number of methoxy groups -OCH3 is 1. The molecule has 0 aliphatic rings. The highest BCUT2D eigenvalue weighted by atomic mass is 32.2. The van der Waals surface area contributed by atoms with Crippen LogP contribution in [0.1, 0.15) is 15.9 Å². The van der Waals surface area contributed by atoms with E-state index in [0.29, 0.717) is 11.3 Å². The van der Waals surface area contributed by atoms with Crippen LogP contribution < -0.4 is 10.1 Å². The standard InChI is InChI=1S/C22H21FN2O4S/c1-25(30(27,28)18-8-4-3-5-9-18)15-17-14-16(12-13-21(17)29-2)22(26)24-20-11-7-6-10-19(20)23/h3-14H,15H2,1-2H3,(H,24,26). The van der Waals surface area contributed by atoms with Gasteiger partial charge in [0.05, 0.1) is 17.7 Å². The maximum atomic E-state index is 13.8. The number of carbonyl (C=O) groups is 1. The zero-order chi connectivity index (χ0) is 21.7. The fourth-order valence-electron chi connectivity index (χ4n) is 2.90. The normalized spacial score (nSPS) is 11.3. The number of nitrogens with zero attached hydrogens (tertiary/aromatic N) is 1. The molecule has 0 aliphatic heterocycles. The predicted octanol–water partition coefficient (Wildman–Crippen LogP) is 3.91. The Kier molecular flexibility index (Phi) is 6.49. The molecule has 1 amide bonds.